The van der Waals surface area contributed by atoms with E-state index < -0.39 is 0 Å². The summed E-state index contributed by atoms with van der Waals surface area (Å²) in [4.78, 5) is 15.9. The molecule has 1 aromatic carbocycles. The molecule has 0 bridgehead atoms. The van der Waals surface area contributed by atoms with Crippen molar-refractivity contribution in [3.8, 4) is 0 Å². The summed E-state index contributed by atoms with van der Waals surface area (Å²) in [6.07, 6.45) is 8.07. The number of hydrogen-bond acceptors (Lipinski definition) is 4. The van der Waals surface area contributed by atoms with Crippen LogP contribution in [-0.4, -0.2) is 39.5 Å². The molecule has 2 aliphatic rings. The molecular formula is C23H30BrN5. The average molecular weight is 456 g/mol. The van der Waals surface area contributed by atoms with Crippen LogP contribution in [0.5, 0.6) is 0 Å². The van der Waals surface area contributed by atoms with Gasteiger partial charge in [0.1, 0.15) is 5.82 Å². The molecule has 1 saturated heterocycles. The first-order valence-corrected chi connectivity index (χ1v) is 10.7. The number of rotatable bonds is 5. The van der Waals surface area contributed by atoms with Crippen LogP contribution in [0.25, 0.3) is 11.0 Å². The van der Waals surface area contributed by atoms with Crippen LogP contribution < -0.4 is 5.32 Å². The van der Waals surface area contributed by atoms with Gasteiger partial charge in [-0.15, -0.1) is 17.0 Å². The Kier molecular flexibility index (Phi) is 6.63. The van der Waals surface area contributed by atoms with E-state index in [0.29, 0.717) is 6.04 Å². The SMILES string of the molecule is Br.c1cnc2c(c1)CCCC2N(Cc1nc2ccccc2[nH]1)CC1CCNCC1. The molecule has 3 aromatic rings. The van der Waals surface area contributed by atoms with Gasteiger partial charge in [-0.3, -0.25) is 9.88 Å². The number of imidazole rings is 1. The molecule has 0 radical (unpaired) electrons. The third kappa shape index (κ3) is 4.55. The van der Waals surface area contributed by atoms with Crippen molar-refractivity contribution in [2.24, 2.45) is 5.92 Å². The van der Waals surface area contributed by atoms with Crippen LogP contribution in [0, 0.1) is 5.92 Å². The number of hydrogen-bond donors (Lipinski definition) is 2. The van der Waals surface area contributed by atoms with E-state index in [1.165, 1.54) is 36.9 Å². The summed E-state index contributed by atoms with van der Waals surface area (Å²) in [6.45, 7) is 4.27. The molecule has 3 heterocycles. The lowest BCUT2D eigenvalue weighted by Gasteiger charge is -2.37. The number of nitrogens with zero attached hydrogens (tertiary/aromatic N) is 3. The highest BCUT2D eigenvalue weighted by atomic mass is 79.9. The summed E-state index contributed by atoms with van der Waals surface area (Å²) in [7, 11) is 0. The Morgan fingerprint density at radius 2 is 1.90 bits per heavy atom. The minimum Gasteiger partial charge on any atom is -0.341 e. The zero-order valence-corrected chi connectivity index (χ0v) is 18.5. The van der Waals surface area contributed by atoms with E-state index in [4.69, 9.17) is 9.97 Å². The van der Waals surface area contributed by atoms with E-state index in [0.717, 1.165) is 55.4 Å². The van der Waals surface area contributed by atoms with Crippen LogP contribution in [0.3, 0.4) is 0 Å². The van der Waals surface area contributed by atoms with Gasteiger partial charge in [-0.1, -0.05) is 18.2 Å². The van der Waals surface area contributed by atoms with Crippen molar-refractivity contribution in [2.75, 3.05) is 19.6 Å². The summed E-state index contributed by atoms with van der Waals surface area (Å²) < 4.78 is 0. The van der Waals surface area contributed by atoms with Crippen LogP contribution in [0.1, 0.15) is 48.8 Å². The molecule has 2 aromatic heterocycles. The maximum absolute atomic E-state index is 4.87. The highest BCUT2D eigenvalue weighted by Gasteiger charge is 2.30. The predicted molar refractivity (Wildman–Crippen MR) is 122 cm³/mol. The Morgan fingerprint density at radius 1 is 1.03 bits per heavy atom. The Morgan fingerprint density at radius 3 is 2.76 bits per heavy atom. The van der Waals surface area contributed by atoms with Crippen molar-refractivity contribution in [1.82, 2.24) is 25.2 Å². The highest BCUT2D eigenvalue weighted by molar-refractivity contribution is 8.93. The molecule has 0 amide bonds. The number of halogens is 1. The average Bonchev–Trinajstić information content (AvgIpc) is 3.16. The van der Waals surface area contributed by atoms with Crippen LogP contribution in [0.15, 0.2) is 42.6 Å². The normalized spacial score (nSPS) is 19.8. The van der Waals surface area contributed by atoms with Gasteiger partial charge in [0.05, 0.1) is 29.3 Å². The maximum atomic E-state index is 4.87. The van der Waals surface area contributed by atoms with Crippen LogP contribution in [-0.2, 0) is 13.0 Å². The molecule has 1 aliphatic heterocycles. The van der Waals surface area contributed by atoms with Gasteiger partial charge >= 0.3 is 0 Å². The molecule has 0 saturated carbocycles. The van der Waals surface area contributed by atoms with E-state index in [1.54, 1.807) is 0 Å². The number of benzene rings is 1. The first kappa shape index (κ1) is 20.5. The number of aromatic nitrogens is 3. The number of nitrogens with one attached hydrogen (secondary N) is 2. The predicted octanol–water partition coefficient (Wildman–Crippen LogP) is 4.42. The van der Waals surface area contributed by atoms with E-state index in [-0.39, 0.29) is 17.0 Å². The van der Waals surface area contributed by atoms with Gasteiger partial charge in [0.25, 0.3) is 0 Å². The summed E-state index contributed by atoms with van der Waals surface area (Å²) in [5.41, 5.74) is 4.90. The first-order valence-electron chi connectivity index (χ1n) is 10.7. The molecule has 154 valence electrons. The van der Waals surface area contributed by atoms with Gasteiger partial charge in [-0.05, 0) is 74.9 Å². The Labute approximate surface area is 183 Å². The number of fused-ring (bicyclic) bond motifs is 2. The molecule has 0 spiro atoms. The topological polar surface area (TPSA) is 56.8 Å². The van der Waals surface area contributed by atoms with Gasteiger partial charge in [0.15, 0.2) is 0 Å². The largest absolute Gasteiger partial charge is 0.341 e. The standard InChI is InChI=1S/C23H29N5.BrH/c1-2-8-20-19(7-1)26-22(27-20)16-28(15-17-10-13-24-14-11-17)21-9-3-5-18-6-4-12-25-23(18)21;/h1-2,4,6-8,12,17,21,24H,3,5,9-11,13-16H2,(H,26,27);1H. The zero-order chi connectivity index (χ0) is 18.8. The fourth-order valence-electron chi connectivity index (χ4n) is 4.91. The van der Waals surface area contributed by atoms with Gasteiger partial charge in [-0.25, -0.2) is 4.98 Å². The number of pyridine rings is 1. The molecule has 5 nitrogen and oxygen atoms in total. The molecule has 1 atom stereocenters. The van der Waals surface area contributed by atoms with Crippen molar-refractivity contribution in [2.45, 2.75) is 44.7 Å². The molecule has 1 fully saturated rings. The second-order valence-electron chi connectivity index (χ2n) is 8.28. The quantitative estimate of drug-likeness (QED) is 0.597. The Balaban J connectivity index is 0.00000205. The maximum Gasteiger partial charge on any atom is 0.121 e. The lowest BCUT2D eigenvalue weighted by molar-refractivity contribution is 0.125. The minimum absolute atomic E-state index is 0. The second kappa shape index (κ2) is 9.37. The van der Waals surface area contributed by atoms with Crippen LogP contribution in [0.4, 0.5) is 0 Å². The van der Waals surface area contributed by atoms with Crippen molar-refractivity contribution >= 4 is 28.0 Å². The first-order chi connectivity index (χ1) is 13.9. The summed E-state index contributed by atoms with van der Waals surface area (Å²) in [5.74, 6) is 1.82. The lowest BCUT2D eigenvalue weighted by Crippen LogP contribution is -2.39. The van der Waals surface area contributed by atoms with Crippen molar-refractivity contribution < 1.29 is 0 Å². The monoisotopic (exact) mass is 455 g/mol. The fourth-order valence-corrected chi connectivity index (χ4v) is 4.91. The van der Waals surface area contributed by atoms with Crippen LogP contribution in [0.2, 0.25) is 0 Å². The number of aryl methyl sites for hydroxylation is 1. The van der Waals surface area contributed by atoms with Gasteiger partial charge in [-0.2, -0.15) is 0 Å². The number of H-pyrrole nitrogens is 1. The zero-order valence-electron chi connectivity index (χ0n) is 16.8. The summed E-state index contributed by atoms with van der Waals surface area (Å²) in [5, 5.41) is 3.50. The number of aromatic amines is 1. The van der Waals surface area contributed by atoms with Crippen LogP contribution >= 0.6 is 17.0 Å². The second-order valence-corrected chi connectivity index (χ2v) is 8.28. The van der Waals surface area contributed by atoms with E-state index in [1.807, 2.05) is 6.20 Å². The van der Waals surface area contributed by atoms with Crippen molar-refractivity contribution in [3.63, 3.8) is 0 Å². The Hall–Kier alpha value is -1.76. The number of para-hydroxylation sites is 2. The number of piperidine rings is 1. The van der Waals surface area contributed by atoms with Gasteiger partial charge < -0.3 is 10.3 Å². The smallest absolute Gasteiger partial charge is 0.121 e. The fraction of sp³-hybridized carbons (Fsp3) is 0.478. The third-order valence-electron chi connectivity index (χ3n) is 6.35. The molecule has 1 aliphatic carbocycles. The molecular weight excluding hydrogens is 426 g/mol. The molecule has 2 N–H and O–H groups in total. The van der Waals surface area contributed by atoms with E-state index in [2.05, 4.69) is 51.6 Å². The highest BCUT2D eigenvalue weighted by Crippen LogP contribution is 2.34. The van der Waals surface area contributed by atoms with Gasteiger partial charge in [0.2, 0.25) is 0 Å². The van der Waals surface area contributed by atoms with Gasteiger partial charge in [0, 0.05) is 12.7 Å². The van der Waals surface area contributed by atoms with E-state index >= 15 is 0 Å². The van der Waals surface area contributed by atoms with Crippen molar-refractivity contribution in [3.05, 3.63) is 59.7 Å². The molecule has 29 heavy (non-hydrogen) atoms. The molecule has 5 rings (SSSR count). The Bertz CT molecular complexity index is 901. The molecule has 6 heteroatoms. The minimum atomic E-state index is 0. The third-order valence-corrected chi connectivity index (χ3v) is 6.35. The molecule has 1 unspecified atom stereocenters. The summed E-state index contributed by atoms with van der Waals surface area (Å²) in [6, 6.07) is 13.1. The summed E-state index contributed by atoms with van der Waals surface area (Å²) >= 11 is 0. The van der Waals surface area contributed by atoms with Crippen molar-refractivity contribution in [1.29, 1.82) is 0 Å². The lowest BCUT2D eigenvalue weighted by atomic mass is 9.89. The van der Waals surface area contributed by atoms with E-state index in [9.17, 15) is 0 Å².